The zero-order valence-corrected chi connectivity index (χ0v) is 22.8. The number of piperazine rings is 1. The Labute approximate surface area is 194 Å². The average Bonchev–Trinajstić information content (AvgIpc) is 2.63. The van der Waals surface area contributed by atoms with Crippen LogP contribution in [-0.2, 0) is 23.1 Å². The highest BCUT2D eigenvalue weighted by molar-refractivity contribution is 8.55. The molecular formula is C22H45N2O5PS. The first kappa shape index (κ1) is 28.9. The Morgan fingerprint density at radius 1 is 1.06 bits per heavy atom. The lowest BCUT2D eigenvalue weighted by molar-refractivity contribution is -0.153. The summed E-state index contributed by atoms with van der Waals surface area (Å²) in [6.07, 6.45) is 0.556. The first-order valence-electron chi connectivity index (χ1n) is 11.4. The number of nitrogens with zero attached hydrogens (tertiary/aromatic N) is 2. The minimum absolute atomic E-state index is 0.179. The van der Waals surface area contributed by atoms with Gasteiger partial charge in [-0.1, -0.05) is 13.8 Å². The van der Waals surface area contributed by atoms with Gasteiger partial charge >= 0.3 is 12.8 Å². The van der Waals surface area contributed by atoms with Crippen LogP contribution in [-0.4, -0.2) is 79.6 Å². The van der Waals surface area contributed by atoms with Crippen LogP contribution in [0.1, 0.15) is 61.8 Å². The molecule has 7 nitrogen and oxygen atoms in total. The predicted octanol–water partition coefficient (Wildman–Crippen LogP) is 4.91. The van der Waals surface area contributed by atoms with E-state index < -0.39 is 17.8 Å². The van der Waals surface area contributed by atoms with Gasteiger partial charge in [-0.25, -0.2) is 4.57 Å². The molecule has 0 spiro atoms. The number of rotatable bonds is 12. The molecule has 31 heavy (non-hydrogen) atoms. The van der Waals surface area contributed by atoms with Crippen molar-refractivity contribution >= 4 is 24.1 Å². The van der Waals surface area contributed by atoms with E-state index in [1.54, 1.807) is 0 Å². The van der Waals surface area contributed by atoms with Gasteiger partial charge in [0.05, 0.1) is 17.1 Å². The molecule has 1 heterocycles. The summed E-state index contributed by atoms with van der Waals surface area (Å²) in [5, 5.41) is 0. The van der Waals surface area contributed by atoms with E-state index in [2.05, 4.69) is 16.8 Å². The number of carbonyl (C=O) groups excluding carboxylic acids is 1. The van der Waals surface area contributed by atoms with Gasteiger partial charge in [0.25, 0.3) is 0 Å². The van der Waals surface area contributed by atoms with Crippen molar-refractivity contribution in [2.75, 3.05) is 52.1 Å². The van der Waals surface area contributed by atoms with E-state index in [9.17, 15) is 9.36 Å². The minimum atomic E-state index is -3.37. The van der Waals surface area contributed by atoms with Gasteiger partial charge in [0.15, 0.2) is 0 Å². The Hall–Kier alpha value is -0.110. The number of ether oxygens (including phenoxy) is 1. The van der Waals surface area contributed by atoms with Gasteiger partial charge in [-0.2, -0.15) is 0 Å². The van der Waals surface area contributed by atoms with Gasteiger partial charge in [-0.3, -0.25) is 13.8 Å². The lowest BCUT2D eigenvalue weighted by atomic mass is 9.89. The molecule has 2 atom stereocenters. The van der Waals surface area contributed by atoms with E-state index >= 15 is 0 Å². The molecule has 0 bridgehead atoms. The van der Waals surface area contributed by atoms with E-state index in [4.69, 9.17) is 13.8 Å². The van der Waals surface area contributed by atoms with Gasteiger partial charge in [0.1, 0.15) is 6.61 Å². The molecule has 2 unspecified atom stereocenters. The summed E-state index contributed by atoms with van der Waals surface area (Å²) < 4.78 is 30.4. The molecule has 1 rings (SSSR count). The van der Waals surface area contributed by atoms with Crippen LogP contribution in [0.15, 0.2) is 0 Å². The molecule has 184 valence electrons. The van der Waals surface area contributed by atoms with E-state index in [1.807, 2.05) is 55.4 Å². The Balaban J connectivity index is 2.48. The van der Waals surface area contributed by atoms with Gasteiger partial charge in [-0.05, 0) is 78.9 Å². The summed E-state index contributed by atoms with van der Waals surface area (Å²) in [7, 11) is 2.14. The Morgan fingerprint density at radius 3 is 2.16 bits per heavy atom. The SMILES string of the molecule is CC(C)C(C)OP(=O)(OC(C)(C)C)SCCOC(=O)C(C)(C)CCN1CCN(C)CC1. The molecule has 0 amide bonds. The molecule has 1 fully saturated rings. The number of esters is 1. The molecule has 9 heteroatoms. The van der Waals surface area contributed by atoms with Crippen molar-refractivity contribution in [3.05, 3.63) is 0 Å². The molecule has 0 aromatic rings. The Morgan fingerprint density at radius 2 is 1.65 bits per heavy atom. The zero-order valence-electron chi connectivity index (χ0n) is 21.1. The highest BCUT2D eigenvalue weighted by Gasteiger charge is 2.35. The highest BCUT2D eigenvalue weighted by atomic mass is 32.7. The van der Waals surface area contributed by atoms with Crippen molar-refractivity contribution < 1.29 is 23.1 Å². The number of hydrogen-bond acceptors (Lipinski definition) is 8. The normalized spacial score (nSPS) is 19.9. The maximum Gasteiger partial charge on any atom is 0.390 e. The van der Waals surface area contributed by atoms with E-state index in [-0.39, 0.29) is 24.6 Å². The van der Waals surface area contributed by atoms with Gasteiger partial charge in [0, 0.05) is 31.9 Å². The van der Waals surface area contributed by atoms with Gasteiger partial charge in [0.2, 0.25) is 0 Å². The molecule has 1 aliphatic rings. The van der Waals surface area contributed by atoms with Crippen molar-refractivity contribution in [2.24, 2.45) is 11.3 Å². The van der Waals surface area contributed by atoms with E-state index in [1.165, 1.54) is 0 Å². The third-order valence-corrected chi connectivity index (χ3v) is 9.39. The highest BCUT2D eigenvalue weighted by Crippen LogP contribution is 2.63. The molecule has 0 radical (unpaired) electrons. The molecular weight excluding hydrogens is 435 g/mol. The number of likely N-dealkylation sites (N-methyl/N-ethyl adjacent to an activating group) is 1. The van der Waals surface area contributed by atoms with Crippen molar-refractivity contribution in [3.63, 3.8) is 0 Å². The molecule has 1 saturated heterocycles. The largest absolute Gasteiger partial charge is 0.464 e. The first-order valence-corrected chi connectivity index (χ1v) is 14.5. The van der Waals surface area contributed by atoms with Crippen LogP contribution in [0.2, 0.25) is 0 Å². The topological polar surface area (TPSA) is 68.3 Å². The summed E-state index contributed by atoms with van der Waals surface area (Å²) in [5.74, 6) is 0.361. The second kappa shape index (κ2) is 12.4. The van der Waals surface area contributed by atoms with Crippen LogP contribution in [0.5, 0.6) is 0 Å². The Kier molecular flexibility index (Phi) is 11.6. The van der Waals surface area contributed by atoms with Crippen LogP contribution in [0, 0.1) is 11.3 Å². The minimum Gasteiger partial charge on any atom is -0.464 e. The second-order valence-electron chi connectivity index (χ2n) is 10.5. The van der Waals surface area contributed by atoms with E-state index in [0.29, 0.717) is 5.75 Å². The first-order chi connectivity index (χ1) is 14.1. The van der Waals surface area contributed by atoms with Crippen LogP contribution in [0.4, 0.5) is 0 Å². The fourth-order valence-corrected chi connectivity index (χ4v) is 7.00. The van der Waals surface area contributed by atoms with Crippen molar-refractivity contribution in [2.45, 2.75) is 73.5 Å². The zero-order chi connectivity index (χ0) is 23.9. The number of carbonyl (C=O) groups is 1. The standard InChI is InChI=1S/C22H45N2O5PS/c1-18(2)19(3)28-30(26,29-21(4,5)6)31-17-16-27-20(25)22(7,8)10-11-24-14-12-23(9)13-15-24/h18-19H,10-17H2,1-9H3. The molecule has 0 aliphatic carbocycles. The van der Waals surface area contributed by atoms with Crippen LogP contribution >= 0.6 is 18.2 Å². The number of hydrogen-bond donors (Lipinski definition) is 0. The maximum atomic E-state index is 13.3. The lowest BCUT2D eigenvalue weighted by Crippen LogP contribution is -2.45. The monoisotopic (exact) mass is 480 g/mol. The Bertz CT molecular complexity index is 601. The van der Waals surface area contributed by atoms with Crippen molar-refractivity contribution in [1.82, 2.24) is 9.80 Å². The van der Waals surface area contributed by atoms with Crippen LogP contribution < -0.4 is 0 Å². The molecule has 0 saturated carbocycles. The average molecular weight is 481 g/mol. The van der Waals surface area contributed by atoms with Crippen molar-refractivity contribution in [1.29, 1.82) is 0 Å². The van der Waals surface area contributed by atoms with Crippen molar-refractivity contribution in [3.8, 4) is 0 Å². The summed E-state index contributed by atoms with van der Waals surface area (Å²) in [6, 6.07) is 0. The second-order valence-corrected chi connectivity index (χ2v) is 14.5. The summed E-state index contributed by atoms with van der Waals surface area (Å²) in [4.78, 5) is 17.3. The lowest BCUT2D eigenvalue weighted by Gasteiger charge is -2.34. The molecule has 0 aromatic heterocycles. The summed E-state index contributed by atoms with van der Waals surface area (Å²) in [5.41, 5.74) is -1.15. The van der Waals surface area contributed by atoms with E-state index in [0.717, 1.165) is 50.5 Å². The molecule has 1 aliphatic heterocycles. The van der Waals surface area contributed by atoms with Gasteiger partial charge in [-0.15, -0.1) is 0 Å². The maximum absolute atomic E-state index is 13.3. The molecule has 0 N–H and O–H groups in total. The summed E-state index contributed by atoms with van der Waals surface area (Å²) >= 11 is 1.11. The third kappa shape index (κ3) is 11.5. The van der Waals surface area contributed by atoms with Crippen LogP contribution in [0.3, 0.4) is 0 Å². The van der Waals surface area contributed by atoms with Gasteiger partial charge < -0.3 is 14.5 Å². The smallest absolute Gasteiger partial charge is 0.390 e. The van der Waals surface area contributed by atoms with Crippen LogP contribution in [0.25, 0.3) is 0 Å². The fourth-order valence-electron chi connectivity index (χ4n) is 2.83. The summed E-state index contributed by atoms with van der Waals surface area (Å²) in [6.45, 7) is 17.3. The quantitative estimate of drug-likeness (QED) is 0.222. The molecule has 0 aromatic carbocycles. The predicted molar refractivity (Wildman–Crippen MR) is 130 cm³/mol. The fraction of sp³-hybridized carbons (Fsp3) is 0.955. The third-order valence-electron chi connectivity index (χ3n) is 5.39.